The van der Waals surface area contributed by atoms with Crippen LogP contribution in [0, 0.1) is 5.92 Å². The lowest BCUT2D eigenvalue weighted by Crippen LogP contribution is -2.41. The number of nitrogens with one attached hydrogen (secondary N) is 2. The molecule has 8 heteroatoms. The number of carboxylic acids is 1. The molecule has 0 aromatic rings. The number of hydrogen-bond acceptors (Lipinski definition) is 4. The van der Waals surface area contributed by atoms with E-state index in [-0.39, 0.29) is 23.7 Å². The molecule has 2 amide bonds. The number of aliphatic carboxylic acids is 1. The first-order valence-corrected chi connectivity index (χ1v) is 9.12. The number of urea groups is 1. The summed E-state index contributed by atoms with van der Waals surface area (Å²) in [5, 5.41) is 14.1. The fraction of sp³-hybridized carbons (Fsp3) is 0.846. The normalized spacial score (nSPS) is 14.2. The molecule has 0 spiro atoms. The number of carboxylic acid groups (broad SMARTS) is 1. The maximum atomic E-state index is 11.5. The van der Waals surface area contributed by atoms with E-state index >= 15 is 0 Å². The van der Waals surface area contributed by atoms with Crippen molar-refractivity contribution in [3.05, 3.63) is 0 Å². The molecular weight excluding hydrogens is 296 g/mol. The summed E-state index contributed by atoms with van der Waals surface area (Å²) in [6.45, 7) is 3.82. The molecule has 0 aliphatic heterocycles. The molecule has 0 fully saturated rings. The lowest BCUT2D eigenvalue weighted by atomic mass is 10.0. The Labute approximate surface area is 126 Å². The third-order valence-electron chi connectivity index (χ3n) is 3.05. The maximum Gasteiger partial charge on any atom is 0.314 e. The highest BCUT2D eigenvalue weighted by atomic mass is 32.2. The second kappa shape index (κ2) is 9.59. The van der Waals surface area contributed by atoms with E-state index in [2.05, 4.69) is 10.6 Å². The van der Waals surface area contributed by atoms with Gasteiger partial charge in [-0.2, -0.15) is 0 Å². The molecule has 0 saturated heterocycles. The Bertz CT molecular complexity index is 436. The molecule has 0 rings (SSSR count). The molecule has 0 saturated carbocycles. The van der Waals surface area contributed by atoms with Crippen molar-refractivity contribution in [1.82, 2.24) is 10.6 Å². The summed E-state index contributed by atoms with van der Waals surface area (Å²) >= 11 is 0. The highest BCUT2D eigenvalue weighted by molar-refractivity contribution is 7.90. The minimum absolute atomic E-state index is 0.0515. The summed E-state index contributed by atoms with van der Waals surface area (Å²) in [6, 6.07) is -0.386. The van der Waals surface area contributed by atoms with E-state index in [1.165, 1.54) is 0 Å². The van der Waals surface area contributed by atoms with Crippen molar-refractivity contribution < 1.29 is 23.1 Å². The Morgan fingerprint density at radius 1 is 1.14 bits per heavy atom. The van der Waals surface area contributed by atoms with Gasteiger partial charge in [0, 0.05) is 18.8 Å². The highest BCUT2D eigenvalue weighted by Crippen LogP contribution is 2.09. The van der Waals surface area contributed by atoms with Crippen LogP contribution in [-0.4, -0.2) is 50.1 Å². The van der Waals surface area contributed by atoms with E-state index in [0.29, 0.717) is 25.8 Å². The van der Waals surface area contributed by atoms with Crippen LogP contribution in [0.15, 0.2) is 0 Å². The second-order valence-electron chi connectivity index (χ2n) is 5.45. The highest BCUT2D eigenvalue weighted by Gasteiger charge is 2.12. The molecule has 0 bridgehead atoms. The smallest absolute Gasteiger partial charge is 0.314 e. The second-order valence-corrected chi connectivity index (χ2v) is 7.71. The van der Waals surface area contributed by atoms with E-state index in [9.17, 15) is 18.0 Å². The predicted molar refractivity (Wildman–Crippen MR) is 81.0 cm³/mol. The fourth-order valence-corrected chi connectivity index (χ4v) is 2.41. The van der Waals surface area contributed by atoms with Crippen molar-refractivity contribution in [3.63, 3.8) is 0 Å². The number of carbonyl (C=O) groups excluding carboxylic acids is 1. The number of hydrogen-bond donors (Lipinski definition) is 3. The lowest BCUT2D eigenvalue weighted by Gasteiger charge is -2.15. The number of rotatable bonds is 10. The summed E-state index contributed by atoms with van der Waals surface area (Å²) < 4.78 is 21.8. The summed E-state index contributed by atoms with van der Waals surface area (Å²) in [7, 11) is -2.99. The van der Waals surface area contributed by atoms with Gasteiger partial charge >= 0.3 is 12.0 Å². The van der Waals surface area contributed by atoms with Crippen molar-refractivity contribution in [2.75, 3.05) is 18.6 Å². The molecule has 0 heterocycles. The monoisotopic (exact) mass is 322 g/mol. The summed E-state index contributed by atoms with van der Waals surface area (Å²) in [5.74, 6) is -1.13. The van der Waals surface area contributed by atoms with Crippen LogP contribution >= 0.6 is 0 Å². The SMILES string of the molecule is CC(CCCC(C)C(=O)O)NC(=O)NCCCS(C)(=O)=O. The van der Waals surface area contributed by atoms with Gasteiger partial charge in [-0.1, -0.05) is 13.3 Å². The topological polar surface area (TPSA) is 113 Å². The van der Waals surface area contributed by atoms with E-state index in [1.54, 1.807) is 6.92 Å². The zero-order valence-corrected chi connectivity index (χ0v) is 13.7. The molecule has 3 N–H and O–H groups in total. The van der Waals surface area contributed by atoms with E-state index in [4.69, 9.17) is 5.11 Å². The number of carbonyl (C=O) groups is 2. The Kier molecular flexibility index (Phi) is 9.00. The van der Waals surface area contributed by atoms with Gasteiger partial charge in [0.2, 0.25) is 0 Å². The Morgan fingerprint density at radius 2 is 1.76 bits per heavy atom. The standard InChI is InChI=1S/C13H26N2O5S/c1-10(12(16)17)6-4-7-11(2)15-13(18)14-8-5-9-21(3,19)20/h10-11H,4-9H2,1-3H3,(H,16,17)(H2,14,15,18). The van der Waals surface area contributed by atoms with Gasteiger partial charge in [0.1, 0.15) is 9.84 Å². The van der Waals surface area contributed by atoms with Gasteiger partial charge in [-0.15, -0.1) is 0 Å². The van der Waals surface area contributed by atoms with Crippen LogP contribution in [0.4, 0.5) is 4.79 Å². The number of amides is 2. The first kappa shape index (κ1) is 19.7. The molecular formula is C13H26N2O5S. The maximum absolute atomic E-state index is 11.5. The van der Waals surface area contributed by atoms with Gasteiger partial charge in [-0.05, 0) is 26.2 Å². The zero-order valence-electron chi connectivity index (χ0n) is 12.9. The molecule has 0 aromatic heterocycles. The minimum Gasteiger partial charge on any atom is -0.481 e. The Balaban J connectivity index is 3.72. The molecule has 2 atom stereocenters. The summed E-state index contributed by atoms with van der Waals surface area (Å²) in [5.41, 5.74) is 0. The fourth-order valence-electron chi connectivity index (χ4n) is 1.74. The molecule has 0 aliphatic carbocycles. The molecule has 0 aromatic carbocycles. The van der Waals surface area contributed by atoms with Crippen LogP contribution in [0.1, 0.15) is 39.5 Å². The van der Waals surface area contributed by atoms with Crippen molar-refractivity contribution >= 4 is 21.8 Å². The van der Waals surface area contributed by atoms with Crippen LogP contribution < -0.4 is 10.6 Å². The van der Waals surface area contributed by atoms with Gasteiger partial charge in [-0.25, -0.2) is 13.2 Å². The zero-order chi connectivity index (χ0) is 16.5. The molecule has 2 unspecified atom stereocenters. The van der Waals surface area contributed by atoms with E-state index in [0.717, 1.165) is 12.7 Å². The number of sulfone groups is 1. The van der Waals surface area contributed by atoms with E-state index < -0.39 is 15.8 Å². The minimum atomic E-state index is -2.99. The molecule has 0 aliphatic rings. The van der Waals surface area contributed by atoms with Gasteiger partial charge in [0.25, 0.3) is 0 Å². The van der Waals surface area contributed by atoms with Crippen LogP contribution in [-0.2, 0) is 14.6 Å². The van der Waals surface area contributed by atoms with Gasteiger partial charge < -0.3 is 15.7 Å². The van der Waals surface area contributed by atoms with Crippen LogP contribution in [0.2, 0.25) is 0 Å². The van der Waals surface area contributed by atoms with Gasteiger partial charge in [-0.3, -0.25) is 4.79 Å². The van der Waals surface area contributed by atoms with Crippen LogP contribution in [0.25, 0.3) is 0 Å². The van der Waals surface area contributed by atoms with E-state index in [1.807, 2.05) is 6.92 Å². The Morgan fingerprint density at radius 3 is 2.29 bits per heavy atom. The average molecular weight is 322 g/mol. The summed E-state index contributed by atoms with van der Waals surface area (Å²) in [4.78, 5) is 22.2. The van der Waals surface area contributed by atoms with Gasteiger partial charge in [0.05, 0.1) is 11.7 Å². The van der Waals surface area contributed by atoms with Crippen molar-refractivity contribution in [2.24, 2.45) is 5.92 Å². The van der Waals surface area contributed by atoms with Crippen LogP contribution in [0.5, 0.6) is 0 Å². The third kappa shape index (κ3) is 12.2. The van der Waals surface area contributed by atoms with Crippen molar-refractivity contribution in [2.45, 2.75) is 45.6 Å². The van der Waals surface area contributed by atoms with Gasteiger partial charge in [0.15, 0.2) is 0 Å². The molecule has 21 heavy (non-hydrogen) atoms. The summed E-state index contributed by atoms with van der Waals surface area (Å²) in [6.07, 6.45) is 3.55. The van der Waals surface area contributed by atoms with Crippen molar-refractivity contribution in [3.8, 4) is 0 Å². The Hall–Kier alpha value is -1.31. The molecule has 0 radical (unpaired) electrons. The first-order chi connectivity index (χ1) is 9.61. The average Bonchev–Trinajstić information content (AvgIpc) is 2.33. The quantitative estimate of drug-likeness (QED) is 0.519. The third-order valence-corrected chi connectivity index (χ3v) is 4.08. The lowest BCUT2D eigenvalue weighted by molar-refractivity contribution is -0.141. The molecule has 124 valence electrons. The first-order valence-electron chi connectivity index (χ1n) is 7.06. The van der Waals surface area contributed by atoms with Crippen LogP contribution in [0.3, 0.4) is 0 Å². The predicted octanol–water partition coefficient (Wildman–Crippen LogP) is 1.000. The largest absolute Gasteiger partial charge is 0.481 e. The van der Waals surface area contributed by atoms with Crippen molar-refractivity contribution in [1.29, 1.82) is 0 Å². The molecule has 7 nitrogen and oxygen atoms in total.